The third-order valence-corrected chi connectivity index (χ3v) is 1.85. The van der Waals surface area contributed by atoms with E-state index in [-0.39, 0.29) is 0 Å². The summed E-state index contributed by atoms with van der Waals surface area (Å²) in [4.78, 5) is 4.19. The SMILES string of the molecule is Cc1cc(OO)cc(C(C)C)c1. The van der Waals surface area contributed by atoms with E-state index in [4.69, 9.17) is 5.26 Å². The minimum atomic E-state index is 0.457. The fraction of sp³-hybridized carbons (Fsp3) is 0.400. The van der Waals surface area contributed by atoms with Crippen LogP contribution < -0.4 is 4.89 Å². The molecule has 0 amide bonds. The molecule has 1 aromatic rings. The molecule has 0 saturated heterocycles. The Morgan fingerprint density at radius 2 is 1.92 bits per heavy atom. The van der Waals surface area contributed by atoms with Crippen LogP contribution in [0.25, 0.3) is 0 Å². The van der Waals surface area contributed by atoms with Gasteiger partial charge in [-0.1, -0.05) is 19.9 Å². The van der Waals surface area contributed by atoms with Crippen LogP contribution in [0.3, 0.4) is 0 Å². The van der Waals surface area contributed by atoms with Crippen molar-refractivity contribution in [1.82, 2.24) is 0 Å². The van der Waals surface area contributed by atoms with E-state index in [1.807, 2.05) is 13.0 Å². The lowest BCUT2D eigenvalue weighted by atomic mass is 10.0. The molecule has 0 unspecified atom stereocenters. The molecule has 0 heterocycles. The van der Waals surface area contributed by atoms with Crippen LogP contribution in [0.5, 0.6) is 5.75 Å². The second-order valence-electron chi connectivity index (χ2n) is 3.33. The van der Waals surface area contributed by atoms with Gasteiger partial charge in [-0.15, -0.1) is 0 Å². The maximum Gasteiger partial charge on any atom is 0.165 e. The van der Waals surface area contributed by atoms with E-state index >= 15 is 0 Å². The van der Waals surface area contributed by atoms with Gasteiger partial charge in [0.25, 0.3) is 0 Å². The van der Waals surface area contributed by atoms with Gasteiger partial charge in [-0.2, -0.15) is 0 Å². The molecule has 0 spiro atoms. The van der Waals surface area contributed by atoms with Crippen molar-refractivity contribution in [2.24, 2.45) is 0 Å². The van der Waals surface area contributed by atoms with Crippen molar-refractivity contribution in [2.75, 3.05) is 0 Å². The van der Waals surface area contributed by atoms with Crippen LogP contribution in [-0.2, 0) is 0 Å². The number of aryl methyl sites for hydroxylation is 1. The lowest BCUT2D eigenvalue weighted by molar-refractivity contribution is -0.137. The van der Waals surface area contributed by atoms with Gasteiger partial charge in [-0.05, 0) is 36.1 Å². The quantitative estimate of drug-likeness (QED) is 0.540. The Hall–Kier alpha value is -1.02. The molecule has 0 bridgehead atoms. The van der Waals surface area contributed by atoms with E-state index in [1.165, 1.54) is 5.56 Å². The van der Waals surface area contributed by atoms with Crippen molar-refractivity contribution < 1.29 is 10.1 Å². The zero-order chi connectivity index (χ0) is 9.14. The van der Waals surface area contributed by atoms with E-state index in [0.29, 0.717) is 11.7 Å². The van der Waals surface area contributed by atoms with Gasteiger partial charge in [0.2, 0.25) is 0 Å². The average Bonchev–Trinajstić information content (AvgIpc) is 2.03. The molecule has 0 saturated carbocycles. The topological polar surface area (TPSA) is 29.5 Å². The Balaban J connectivity index is 3.06. The molecule has 1 rings (SSSR count). The number of hydrogen-bond donors (Lipinski definition) is 1. The Labute approximate surface area is 72.7 Å². The molecule has 12 heavy (non-hydrogen) atoms. The summed E-state index contributed by atoms with van der Waals surface area (Å²) in [6.07, 6.45) is 0. The smallest absolute Gasteiger partial charge is 0.165 e. The molecule has 2 nitrogen and oxygen atoms in total. The predicted molar refractivity (Wildman–Crippen MR) is 48.5 cm³/mol. The zero-order valence-corrected chi connectivity index (χ0v) is 7.66. The lowest BCUT2D eigenvalue weighted by Gasteiger charge is -2.07. The molecule has 2 heteroatoms. The normalized spacial score (nSPS) is 10.4. The highest BCUT2D eigenvalue weighted by Crippen LogP contribution is 2.22. The number of benzene rings is 1. The zero-order valence-electron chi connectivity index (χ0n) is 7.66. The summed E-state index contributed by atoms with van der Waals surface area (Å²) < 4.78 is 0. The van der Waals surface area contributed by atoms with Gasteiger partial charge in [-0.25, -0.2) is 5.26 Å². The summed E-state index contributed by atoms with van der Waals surface area (Å²) in [5.41, 5.74) is 2.28. The Bertz CT molecular complexity index is 267. The van der Waals surface area contributed by atoms with E-state index in [9.17, 15) is 0 Å². The van der Waals surface area contributed by atoms with E-state index in [1.54, 1.807) is 6.07 Å². The molecule has 66 valence electrons. The van der Waals surface area contributed by atoms with Gasteiger partial charge in [0.15, 0.2) is 5.75 Å². The number of hydrogen-bond acceptors (Lipinski definition) is 2. The summed E-state index contributed by atoms with van der Waals surface area (Å²) in [5.74, 6) is 0.970. The van der Waals surface area contributed by atoms with Gasteiger partial charge in [0.05, 0.1) is 0 Å². The molecular formula is C10H14O2. The third kappa shape index (κ3) is 1.98. The molecule has 0 fully saturated rings. The van der Waals surface area contributed by atoms with Crippen molar-refractivity contribution in [3.8, 4) is 5.75 Å². The molecule has 1 aromatic carbocycles. The molecule has 1 N–H and O–H groups in total. The third-order valence-electron chi connectivity index (χ3n) is 1.85. The Kier molecular flexibility index (Phi) is 2.71. The largest absolute Gasteiger partial charge is 0.340 e. The fourth-order valence-electron chi connectivity index (χ4n) is 1.16. The molecular weight excluding hydrogens is 152 g/mol. The van der Waals surface area contributed by atoms with Gasteiger partial charge in [0, 0.05) is 0 Å². The summed E-state index contributed by atoms with van der Waals surface area (Å²) in [6.45, 7) is 6.19. The van der Waals surface area contributed by atoms with Crippen molar-refractivity contribution in [1.29, 1.82) is 0 Å². The molecule has 0 atom stereocenters. The van der Waals surface area contributed by atoms with Gasteiger partial charge >= 0.3 is 0 Å². The van der Waals surface area contributed by atoms with Crippen LogP contribution >= 0.6 is 0 Å². The fourth-order valence-corrected chi connectivity index (χ4v) is 1.16. The monoisotopic (exact) mass is 166 g/mol. The van der Waals surface area contributed by atoms with Crippen molar-refractivity contribution >= 4 is 0 Å². The average molecular weight is 166 g/mol. The first-order valence-corrected chi connectivity index (χ1v) is 4.06. The summed E-state index contributed by atoms with van der Waals surface area (Å²) >= 11 is 0. The highest BCUT2D eigenvalue weighted by molar-refractivity contribution is 5.34. The van der Waals surface area contributed by atoms with Crippen LogP contribution in [0.4, 0.5) is 0 Å². The van der Waals surface area contributed by atoms with Gasteiger partial charge in [0.1, 0.15) is 0 Å². The number of rotatable bonds is 2. The maximum absolute atomic E-state index is 8.47. The Morgan fingerprint density at radius 3 is 2.42 bits per heavy atom. The lowest BCUT2D eigenvalue weighted by Crippen LogP contribution is -1.91. The summed E-state index contributed by atoms with van der Waals surface area (Å²) in [7, 11) is 0. The maximum atomic E-state index is 8.47. The van der Waals surface area contributed by atoms with Gasteiger partial charge < -0.3 is 4.89 Å². The molecule has 0 aliphatic heterocycles. The Morgan fingerprint density at radius 1 is 1.25 bits per heavy atom. The molecule has 0 radical (unpaired) electrons. The predicted octanol–water partition coefficient (Wildman–Crippen LogP) is 2.97. The molecule has 0 aromatic heterocycles. The molecule has 0 aliphatic carbocycles. The summed E-state index contributed by atoms with van der Waals surface area (Å²) in [5, 5.41) is 8.47. The van der Waals surface area contributed by atoms with Crippen LogP contribution in [0.15, 0.2) is 18.2 Å². The second kappa shape index (κ2) is 3.59. The van der Waals surface area contributed by atoms with Crippen LogP contribution in [-0.4, -0.2) is 5.26 Å². The van der Waals surface area contributed by atoms with E-state index in [0.717, 1.165) is 5.56 Å². The second-order valence-corrected chi connectivity index (χ2v) is 3.33. The first-order chi connectivity index (χ1) is 5.63. The van der Waals surface area contributed by atoms with E-state index < -0.39 is 0 Å². The molecule has 0 aliphatic rings. The van der Waals surface area contributed by atoms with Crippen LogP contribution in [0, 0.1) is 6.92 Å². The van der Waals surface area contributed by atoms with Crippen molar-refractivity contribution in [3.63, 3.8) is 0 Å². The van der Waals surface area contributed by atoms with Crippen LogP contribution in [0.2, 0.25) is 0 Å². The summed E-state index contributed by atoms with van der Waals surface area (Å²) in [6, 6.07) is 5.73. The van der Waals surface area contributed by atoms with Gasteiger partial charge in [-0.3, -0.25) is 0 Å². The van der Waals surface area contributed by atoms with Crippen molar-refractivity contribution in [2.45, 2.75) is 26.7 Å². The van der Waals surface area contributed by atoms with Crippen LogP contribution in [0.1, 0.15) is 30.9 Å². The highest BCUT2D eigenvalue weighted by Gasteiger charge is 2.02. The highest BCUT2D eigenvalue weighted by atomic mass is 17.1. The first-order valence-electron chi connectivity index (χ1n) is 4.06. The first kappa shape index (κ1) is 9.07. The standard InChI is InChI=1S/C10H14O2/c1-7(2)9-4-8(3)5-10(6-9)12-11/h4-7,11H,1-3H3. The minimum absolute atomic E-state index is 0.457. The van der Waals surface area contributed by atoms with Crippen molar-refractivity contribution in [3.05, 3.63) is 29.3 Å². The minimum Gasteiger partial charge on any atom is -0.340 e. The van der Waals surface area contributed by atoms with E-state index in [2.05, 4.69) is 24.8 Å².